The molecule has 0 radical (unpaired) electrons. The Morgan fingerprint density at radius 2 is 1.79 bits per heavy atom. The van der Waals surface area contributed by atoms with Crippen molar-refractivity contribution >= 4 is 17.5 Å². The Labute approximate surface area is 167 Å². The molecule has 0 aliphatic rings. The fourth-order valence-corrected chi connectivity index (χ4v) is 3.18. The van der Waals surface area contributed by atoms with Gasteiger partial charge in [-0.2, -0.15) is 5.10 Å². The van der Waals surface area contributed by atoms with Crippen LogP contribution in [0.25, 0.3) is 0 Å². The Hall–Kier alpha value is -2.63. The van der Waals surface area contributed by atoms with Crippen LogP contribution in [0.3, 0.4) is 0 Å². The zero-order valence-corrected chi connectivity index (χ0v) is 17.4. The van der Waals surface area contributed by atoms with Crippen LogP contribution in [-0.4, -0.2) is 28.2 Å². The lowest BCUT2D eigenvalue weighted by molar-refractivity contribution is -0.116. The number of ether oxygens (including phenoxy) is 1. The SMILES string of the molecule is CCCCCc1c(C)nn(C(=O)CCC(=O)Nc2ccc(OCC)cc2)c1C. The standard InChI is InChI=1S/C22H31N3O3/c1-5-7-8-9-20-16(3)24-25(17(20)4)22(27)15-14-21(26)23-18-10-12-19(13-11-18)28-6-2/h10-13H,5-9,14-15H2,1-4H3,(H,23,26). The van der Waals surface area contributed by atoms with Crippen LogP contribution >= 0.6 is 0 Å². The molecule has 0 saturated heterocycles. The zero-order chi connectivity index (χ0) is 20.5. The number of benzene rings is 1. The van der Waals surface area contributed by atoms with Gasteiger partial charge in [0.25, 0.3) is 0 Å². The number of amides is 1. The van der Waals surface area contributed by atoms with E-state index in [9.17, 15) is 9.59 Å². The van der Waals surface area contributed by atoms with E-state index in [1.165, 1.54) is 11.1 Å². The minimum Gasteiger partial charge on any atom is -0.494 e. The summed E-state index contributed by atoms with van der Waals surface area (Å²) in [6, 6.07) is 7.18. The van der Waals surface area contributed by atoms with Gasteiger partial charge in [-0.25, -0.2) is 4.68 Å². The van der Waals surface area contributed by atoms with E-state index in [-0.39, 0.29) is 24.7 Å². The summed E-state index contributed by atoms with van der Waals surface area (Å²) in [4.78, 5) is 24.7. The Kier molecular flexibility index (Phi) is 8.23. The summed E-state index contributed by atoms with van der Waals surface area (Å²) >= 11 is 0. The molecule has 0 bridgehead atoms. The van der Waals surface area contributed by atoms with Gasteiger partial charge in [0.2, 0.25) is 11.8 Å². The summed E-state index contributed by atoms with van der Waals surface area (Å²) in [7, 11) is 0. The highest BCUT2D eigenvalue weighted by Gasteiger charge is 2.17. The smallest absolute Gasteiger partial charge is 0.247 e. The first-order valence-corrected chi connectivity index (χ1v) is 10.1. The third kappa shape index (κ3) is 5.94. The van der Waals surface area contributed by atoms with Crippen molar-refractivity contribution in [3.05, 3.63) is 41.2 Å². The van der Waals surface area contributed by atoms with Crippen LogP contribution in [0.4, 0.5) is 5.69 Å². The lowest BCUT2D eigenvalue weighted by Gasteiger charge is -2.07. The van der Waals surface area contributed by atoms with Gasteiger partial charge in [-0.05, 0) is 63.4 Å². The summed E-state index contributed by atoms with van der Waals surface area (Å²) in [5.41, 5.74) is 3.64. The number of hydrogen-bond acceptors (Lipinski definition) is 4. The van der Waals surface area contributed by atoms with Gasteiger partial charge in [0, 0.05) is 24.2 Å². The molecule has 1 aromatic carbocycles. The predicted molar refractivity (Wildman–Crippen MR) is 111 cm³/mol. The van der Waals surface area contributed by atoms with E-state index >= 15 is 0 Å². The lowest BCUT2D eigenvalue weighted by atomic mass is 10.1. The van der Waals surface area contributed by atoms with Gasteiger partial charge in [-0.1, -0.05) is 19.8 Å². The fourth-order valence-electron chi connectivity index (χ4n) is 3.18. The molecule has 6 heteroatoms. The molecule has 1 N–H and O–H groups in total. The molecule has 0 atom stereocenters. The van der Waals surface area contributed by atoms with Crippen molar-refractivity contribution in [3.63, 3.8) is 0 Å². The number of nitrogens with one attached hydrogen (secondary N) is 1. The second kappa shape index (κ2) is 10.6. The highest BCUT2D eigenvalue weighted by Crippen LogP contribution is 2.18. The first kappa shape index (κ1) is 21.7. The molecule has 0 unspecified atom stereocenters. The number of carbonyl (C=O) groups is 2. The Balaban J connectivity index is 1.89. The van der Waals surface area contributed by atoms with E-state index in [0.29, 0.717) is 12.3 Å². The molecule has 2 aromatic rings. The van der Waals surface area contributed by atoms with Crippen molar-refractivity contribution in [2.45, 2.75) is 66.2 Å². The second-order valence-electron chi connectivity index (χ2n) is 6.92. The molecule has 0 fully saturated rings. The molecule has 0 saturated carbocycles. The lowest BCUT2D eigenvalue weighted by Crippen LogP contribution is -2.18. The fraction of sp³-hybridized carbons (Fsp3) is 0.500. The summed E-state index contributed by atoms with van der Waals surface area (Å²) < 4.78 is 6.84. The van der Waals surface area contributed by atoms with Crippen LogP contribution in [0.15, 0.2) is 24.3 Å². The number of hydrogen-bond donors (Lipinski definition) is 1. The van der Waals surface area contributed by atoms with Gasteiger partial charge in [-0.15, -0.1) is 0 Å². The van der Waals surface area contributed by atoms with E-state index in [1.807, 2.05) is 20.8 Å². The van der Waals surface area contributed by atoms with Crippen molar-refractivity contribution in [1.82, 2.24) is 9.78 Å². The third-order valence-corrected chi connectivity index (χ3v) is 4.72. The molecule has 0 aliphatic heterocycles. The maximum Gasteiger partial charge on any atom is 0.247 e. The summed E-state index contributed by atoms with van der Waals surface area (Å²) in [5, 5.41) is 7.21. The van der Waals surface area contributed by atoms with Crippen molar-refractivity contribution in [1.29, 1.82) is 0 Å². The minimum absolute atomic E-state index is 0.121. The van der Waals surface area contributed by atoms with Crippen molar-refractivity contribution in [3.8, 4) is 5.75 Å². The molecule has 1 amide bonds. The highest BCUT2D eigenvalue weighted by molar-refractivity contribution is 5.93. The maximum absolute atomic E-state index is 12.5. The van der Waals surface area contributed by atoms with E-state index < -0.39 is 0 Å². The van der Waals surface area contributed by atoms with E-state index in [1.54, 1.807) is 24.3 Å². The summed E-state index contributed by atoms with van der Waals surface area (Å²) in [6.07, 6.45) is 4.62. The first-order chi connectivity index (χ1) is 13.5. The quantitative estimate of drug-likeness (QED) is 0.602. The molecular weight excluding hydrogens is 354 g/mol. The van der Waals surface area contributed by atoms with E-state index in [2.05, 4.69) is 17.3 Å². The summed E-state index contributed by atoms with van der Waals surface area (Å²) in [6.45, 7) is 8.56. The Bertz CT molecular complexity index is 794. The molecule has 1 heterocycles. The van der Waals surface area contributed by atoms with Crippen LogP contribution in [0.2, 0.25) is 0 Å². The van der Waals surface area contributed by atoms with Crippen LogP contribution in [0.5, 0.6) is 5.75 Å². The van der Waals surface area contributed by atoms with Gasteiger partial charge in [0.15, 0.2) is 0 Å². The molecule has 2 rings (SSSR count). The second-order valence-corrected chi connectivity index (χ2v) is 6.92. The van der Waals surface area contributed by atoms with Gasteiger partial charge >= 0.3 is 0 Å². The molecule has 6 nitrogen and oxygen atoms in total. The first-order valence-electron chi connectivity index (χ1n) is 10.1. The highest BCUT2D eigenvalue weighted by atomic mass is 16.5. The largest absolute Gasteiger partial charge is 0.494 e. The molecular formula is C22H31N3O3. The average molecular weight is 386 g/mol. The summed E-state index contributed by atoms with van der Waals surface area (Å²) in [5.74, 6) is 0.418. The van der Waals surface area contributed by atoms with E-state index in [4.69, 9.17) is 4.74 Å². The molecule has 0 aliphatic carbocycles. The monoisotopic (exact) mass is 385 g/mol. The van der Waals surface area contributed by atoms with Crippen molar-refractivity contribution in [2.75, 3.05) is 11.9 Å². The van der Waals surface area contributed by atoms with Crippen LogP contribution in [0, 0.1) is 13.8 Å². The maximum atomic E-state index is 12.5. The van der Waals surface area contributed by atoms with Gasteiger partial charge < -0.3 is 10.1 Å². The normalized spacial score (nSPS) is 10.7. The number of aryl methyl sites for hydroxylation is 1. The van der Waals surface area contributed by atoms with Crippen LogP contribution < -0.4 is 10.1 Å². The topological polar surface area (TPSA) is 73.2 Å². The molecule has 0 spiro atoms. The minimum atomic E-state index is -0.192. The molecule has 1 aromatic heterocycles. The average Bonchev–Trinajstić information content (AvgIpc) is 2.96. The molecule has 152 valence electrons. The van der Waals surface area contributed by atoms with Crippen molar-refractivity contribution in [2.24, 2.45) is 0 Å². The van der Waals surface area contributed by atoms with Crippen molar-refractivity contribution < 1.29 is 14.3 Å². The number of unbranched alkanes of at least 4 members (excludes halogenated alkanes) is 2. The number of aromatic nitrogens is 2. The molecule has 28 heavy (non-hydrogen) atoms. The van der Waals surface area contributed by atoms with Crippen LogP contribution in [0.1, 0.15) is 67.7 Å². The number of rotatable bonds is 10. The Morgan fingerprint density at radius 3 is 2.43 bits per heavy atom. The van der Waals surface area contributed by atoms with Gasteiger partial charge in [0.05, 0.1) is 12.3 Å². The number of carbonyl (C=O) groups excluding carboxylic acids is 2. The third-order valence-electron chi connectivity index (χ3n) is 4.72. The number of nitrogens with zero attached hydrogens (tertiary/aromatic N) is 2. The van der Waals surface area contributed by atoms with Crippen LogP contribution in [-0.2, 0) is 11.2 Å². The predicted octanol–water partition coefficient (Wildman–Crippen LogP) is 4.69. The van der Waals surface area contributed by atoms with Gasteiger partial charge in [-0.3, -0.25) is 9.59 Å². The Morgan fingerprint density at radius 1 is 1.07 bits per heavy atom. The zero-order valence-electron chi connectivity index (χ0n) is 17.4. The number of anilines is 1. The van der Waals surface area contributed by atoms with E-state index in [0.717, 1.165) is 42.0 Å². The van der Waals surface area contributed by atoms with Gasteiger partial charge in [0.1, 0.15) is 5.75 Å².